The molecule has 154 valence electrons. The summed E-state index contributed by atoms with van der Waals surface area (Å²) in [5.74, 6) is -0.385. The summed E-state index contributed by atoms with van der Waals surface area (Å²) in [6.07, 6.45) is 0.567. The standard InChI is InChI=1S/C23H22N2O5/c1-12-9-16-20(22(26)19(12)23(27)28-2)21(25-15-6-4-3-5-14(15)24-16)13-7-8-17-18(10-13)30-11-29-17/h3-8,10,12,19,21,24-25H,9,11H2,1-2H3. The van der Waals surface area contributed by atoms with Gasteiger partial charge < -0.3 is 24.8 Å². The van der Waals surface area contributed by atoms with Gasteiger partial charge in [0, 0.05) is 11.3 Å². The number of carbonyl (C=O) groups excluding carboxylic acids is 2. The molecule has 2 N–H and O–H groups in total. The van der Waals surface area contributed by atoms with E-state index >= 15 is 0 Å². The Balaban J connectivity index is 1.66. The van der Waals surface area contributed by atoms with Gasteiger partial charge >= 0.3 is 5.97 Å². The van der Waals surface area contributed by atoms with Gasteiger partial charge in [0.2, 0.25) is 6.79 Å². The van der Waals surface area contributed by atoms with Crippen molar-refractivity contribution in [1.29, 1.82) is 0 Å². The van der Waals surface area contributed by atoms with Gasteiger partial charge in [-0.15, -0.1) is 0 Å². The molecule has 0 saturated carbocycles. The first-order valence-corrected chi connectivity index (χ1v) is 9.94. The van der Waals surface area contributed by atoms with E-state index in [1.807, 2.05) is 49.4 Å². The first-order valence-electron chi connectivity index (χ1n) is 9.94. The third kappa shape index (κ3) is 2.89. The van der Waals surface area contributed by atoms with Crippen molar-refractivity contribution >= 4 is 23.1 Å². The van der Waals surface area contributed by atoms with Crippen LogP contribution in [-0.4, -0.2) is 25.7 Å². The van der Waals surface area contributed by atoms with E-state index in [4.69, 9.17) is 14.2 Å². The molecule has 2 heterocycles. The molecule has 7 heteroatoms. The normalized spacial score (nSPS) is 24.2. The van der Waals surface area contributed by atoms with E-state index in [9.17, 15) is 9.59 Å². The summed E-state index contributed by atoms with van der Waals surface area (Å²) < 4.78 is 15.9. The molecule has 30 heavy (non-hydrogen) atoms. The van der Waals surface area contributed by atoms with Gasteiger partial charge in [-0.2, -0.15) is 0 Å². The number of benzene rings is 2. The molecule has 3 atom stereocenters. The zero-order chi connectivity index (χ0) is 20.8. The number of fused-ring (bicyclic) bond motifs is 2. The van der Waals surface area contributed by atoms with Crippen LogP contribution in [0, 0.1) is 11.8 Å². The summed E-state index contributed by atoms with van der Waals surface area (Å²) in [6.45, 7) is 2.08. The quantitative estimate of drug-likeness (QED) is 0.582. The molecule has 0 amide bonds. The van der Waals surface area contributed by atoms with Crippen LogP contribution in [0.4, 0.5) is 11.4 Å². The number of ether oxygens (including phenoxy) is 3. The van der Waals surface area contributed by atoms with E-state index < -0.39 is 17.9 Å². The largest absolute Gasteiger partial charge is 0.468 e. The molecule has 2 aliphatic heterocycles. The highest BCUT2D eigenvalue weighted by Gasteiger charge is 2.44. The van der Waals surface area contributed by atoms with Gasteiger partial charge in [0.05, 0.1) is 24.5 Å². The minimum Gasteiger partial charge on any atom is -0.468 e. The molecule has 3 aliphatic rings. The number of allylic oxidation sites excluding steroid dienone is 1. The maximum Gasteiger partial charge on any atom is 0.316 e. The van der Waals surface area contributed by atoms with Gasteiger partial charge in [-0.25, -0.2) is 0 Å². The highest BCUT2D eigenvalue weighted by molar-refractivity contribution is 6.11. The maximum atomic E-state index is 13.6. The van der Waals surface area contributed by atoms with Crippen LogP contribution in [0.1, 0.15) is 24.9 Å². The lowest BCUT2D eigenvalue weighted by Crippen LogP contribution is -2.39. The van der Waals surface area contributed by atoms with Crippen LogP contribution in [0.5, 0.6) is 11.5 Å². The van der Waals surface area contributed by atoms with E-state index in [0.29, 0.717) is 23.5 Å². The lowest BCUT2D eigenvalue weighted by atomic mass is 9.75. The molecular formula is C23H22N2O5. The smallest absolute Gasteiger partial charge is 0.316 e. The lowest BCUT2D eigenvalue weighted by Gasteiger charge is -2.32. The van der Waals surface area contributed by atoms with Gasteiger partial charge in [-0.3, -0.25) is 9.59 Å². The van der Waals surface area contributed by atoms with Crippen molar-refractivity contribution in [2.75, 3.05) is 24.5 Å². The SMILES string of the molecule is COC(=O)C1C(=O)C2=C(CC1C)Nc1ccccc1NC2c1ccc2c(c1)OCO2. The molecule has 2 aromatic carbocycles. The van der Waals surface area contributed by atoms with Crippen LogP contribution in [0.15, 0.2) is 53.7 Å². The Morgan fingerprint density at radius 1 is 1.10 bits per heavy atom. The Hall–Kier alpha value is -3.48. The Morgan fingerprint density at radius 3 is 2.67 bits per heavy atom. The summed E-state index contributed by atoms with van der Waals surface area (Å²) in [5, 5.41) is 6.94. The molecule has 0 radical (unpaired) electrons. The van der Waals surface area contributed by atoms with Gasteiger partial charge in [0.1, 0.15) is 5.92 Å². The fraction of sp³-hybridized carbons (Fsp3) is 0.304. The number of hydrogen-bond acceptors (Lipinski definition) is 7. The van der Waals surface area contributed by atoms with Crippen molar-refractivity contribution in [3.63, 3.8) is 0 Å². The highest BCUT2D eigenvalue weighted by atomic mass is 16.7. The fourth-order valence-corrected chi connectivity index (χ4v) is 4.48. The molecule has 0 bridgehead atoms. The number of hydrogen-bond donors (Lipinski definition) is 2. The maximum absolute atomic E-state index is 13.6. The average Bonchev–Trinajstić information content (AvgIpc) is 3.14. The zero-order valence-corrected chi connectivity index (χ0v) is 16.7. The first-order chi connectivity index (χ1) is 14.6. The third-order valence-corrected chi connectivity index (χ3v) is 5.95. The van der Waals surface area contributed by atoms with Crippen molar-refractivity contribution in [3.05, 3.63) is 59.3 Å². The summed E-state index contributed by atoms with van der Waals surface area (Å²) in [5.41, 5.74) is 4.01. The molecule has 1 aliphatic carbocycles. The second-order valence-electron chi connectivity index (χ2n) is 7.80. The minimum atomic E-state index is -0.824. The van der Waals surface area contributed by atoms with E-state index in [2.05, 4.69) is 10.6 Å². The van der Waals surface area contributed by atoms with Crippen molar-refractivity contribution < 1.29 is 23.8 Å². The summed E-state index contributed by atoms with van der Waals surface area (Å²) >= 11 is 0. The molecule has 5 rings (SSSR count). The summed E-state index contributed by atoms with van der Waals surface area (Å²) in [4.78, 5) is 26.0. The Labute approximate surface area is 174 Å². The Morgan fingerprint density at radius 2 is 1.87 bits per heavy atom. The average molecular weight is 406 g/mol. The Bertz CT molecular complexity index is 1080. The van der Waals surface area contributed by atoms with Gasteiger partial charge in [0.15, 0.2) is 17.3 Å². The Kier molecular flexibility index (Phi) is 4.38. The first kappa shape index (κ1) is 18.5. The number of rotatable bonds is 2. The number of esters is 1. The molecular weight excluding hydrogens is 384 g/mol. The number of Topliss-reactive ketones (excluding diaryl/α,β-unsaturated/α-hetero) is 1. The molecule has 3 unspecified atom stereocenters. The highest BCUT2D eigenvalue weighted by Crippen LogP contribution is 2.45. The van der Waals surface area contributed by atoms with E-state index in [1.54, 1.807) is 0 Å². The minimum absolute atomic E-state index is 0.168. The van der Waals surface area contributed by atoms with E-state index in [1.165, 1.54) is 7.11 Å². The van der Waals surface area contributed by atoms with Crippen molar-refractivity contribution in [3.8, 4) is 11.5 Å². The molecule has 0 spiro atoms. The van der Waals surface area contributed by atoms with Crippen LogP contribution < -0.4 is 20.1 Å². The van der Waals surface area contributed by atoms with Crippen LogP contribution in [0.25, 0.3) is 0 Å². The number of ketones is 1. The molecule has 0 saturated heterocycles. The van der Waals surface area contributed by atoms with Gasteiger partial charge in [0.25, 0.3) is 0 Å². The number of para-hydroxylation sites is 2. The van der Waals surface area contributed by atoms with Gasteiger partial charge in [-0.05, 0) is 42.2 Å². The monoisotopic (exact) mass is 406 g/mol. The van der Waals surface area contributed by atoms with Crippen molar-refractivity contribution in [2.45, 2.75) is 19.4 Å². The van der Waals surface area contributed by atoms with Crippen molar-refractivity contribution in [1.82, 2.24) is 0 Å². The van der Waals surface area contributed by atoms with Crippen LogP contribution in [0.3, 0.4) is 0 Å². The summed E-state index contributed by atoms with van der Waals surface area (Å²) in [7, 11) is 1.32. The number of nitrogens with one attached hydrogen (secondary N) is 2. The topological polar surface area (TPSA) is 85.9 Å². The lowest BCUT2D eigenvalue weighted by molar-refractivity contribution is -0.151. The molecule has 2 aromatic rings. The predicted molar refractivity (Wildman–Crippen MR) is 110 cm³/mol. The van der Waals surface area contributed by atoms with Crippen LogP contribution in [0.2, 0.25) is 0 Å². The fourth-order valence-electron chi connectivity index (χ4n) is 4.48. The number of carbonyl (C=O) groups is 2. The van der Waals surface area contributed by atoms with Crippen LogP contribution >= 0.6 is 0 Å². The third-order valence-electron chi connectivity index (χ3n) is 5.95. The van der Waals surface area contributed by atoms with Crippen LogP contribution in [-0.2, 0) is 14.3 Å². The van der Waals surface area contributed by atoms with E-state index in [-0.39, 0.29) is 18.5 Å². The second-order valence-corrected chi connectivity index (χ2v) is 7.80. The van der Waals surface area contributed by atoms with Crippen molar-refractivity contribution in [2.24, 2.45) is 11.8 Å². The van der Waals surface area contributed by atoms with Gasteiger partial charge in [-0.1, -0.05) is 25.1 Å². The molecule has 0 aromatic heterocycles. The molecule has 0 fully saturated rings. The molecule has 7 nitrogen and oxygen atoms in total. The predicted octanol–water partition coefficient (Wildman–Crippen LogP) is 3.65. The summed E-state index contributed by atoms with van der Waals surface area (Å²) in [6, 6.07) is 13.0. The number of methoxy groups -OCH3 is 1. The zero-order valence-electron chi connectivity index (χ0n) is 16.7. The second kappa shape index (κ2) is 7.09. The number of anilines is 2. The van der Waals surface area contributed by atoms with E-state index in [0.717, 1.165) is 22.6 Å².